The van der Waals surface area contributed by atoms with E-state index in [1.54, 1.807) is 30.3 Å². The fraction of sp³-hybridized carbons (Fsp3) is 0.118. The van der Waals surface area contributed by atoms with Gasteiger partial charge >= 0.3 is 0 Å². The molecule has 0 atom stereocenters. The van der Waals surface area contributed by atoms with E-state index in [0.717, 1.165) is 11.1 Å². The molecule has 0 spiro atoms. The zero-order valence-corrected chi connectivity index (χ0v) is 13.4. The number of fused-ring (bicyclic) bond motifs is 2. The van der Waals surface area contributed by atoms with Crippen molar-refractivity contribution in [2.24, 2.45) is 0 Å². The van der Waals surface area contributed by atoms with Gasteiger partial charge in [-0.3, -0.25) is 10.1 Å². The molecule has 3 aromatic rings. The summed E-state index contributed by atoms with van der Waals surface area (Å²) in [6.45, 7) is 2.04. The first-order chi connectivity index (χ1) is 11.6. The van der Waals surface area contributed by atoms with E-state index in [1.807, 2.05) is 13.0 Å². The number of aryl methyl sites for hydroxylation is 1. The number of hydrogen-bond donors (Lipinski definition) is 1. The lowest BCUT2D eigenvalue weighted by molar-refractivity contribution is 0.102. The number of aromatic nitrogens is 2. The van der Waals surface area contributed by atoms with Crippen LogP contribution < -0.4 is 14.8 Å². The maximum absolute atomic E-state index is 12.3. The number of hydrogen-bond acceptors (Lipinski definition) is 5. The van der Waals surface area contributed by atoms with E-state index >= 15 is 0 Å². The van der Waals surface area contributed by atoms with E-state index in [9.17, 15) is 4.79 Å². The maximum Gasteiger partial charge on any atom is 0.258 e. The second-order valence-electron chi connectivity index (χ2n) is 5.32. The average molecular weight is 342 g/mol. The molecule has 120 valence electrons. The number of ether oxygens (including phenoxy) is 2. The minimum absolute atomic E-state index is 0.193. The molecule has 0 aliphatic carbocycles. The molecule has 0 saturated carbocycles. The molecular formula is C17H12ClN3O3. The van der Waals surface area contributed by atoms with Crippen LogP contribution in [0.1, 0.15) is 16.1 Å². The molecule has 7 heteroatoms. The standard InChI is InChI=1S/C17H12ClN3O3/c1-9-12-6-14-15(24-8-23-14)7-13(12)20-17(19-9)21-16(22)10-2-4-11(18)5-3-10/h2-7H,8H2,1H3,(H,19,20,21,22). The lowest BCUT2D eigenvalue weighted by Gasteiger charge is -2.08. The largest absolute Gasteiger partial charge is 0.454 e. The van der Waals surface area contributed by atoms with Gasteiger partial charge in [-0.1, -0.05) is 11.6 Å². The second-order valence-corrected chi connectivity index (χ2v) is 5.75. The number of halogens is 1. The van der Waals surface area contributed by atoms with Gasteiger partial charge in [0, 0.05) is 22.0 Å². The highest BCUT2D eigenvalue weighted by atomic mass is 35.5. The normalized spacial score (nSPS) is 12.4. The smallest absolute Gasteiger partial charge is 0.258 e. The van der Waals surface area contributed by atoms with Crippen molar-refractivity contribution in [3.05, 3.63) is 52.7 Å². The van der Waals surface area contributed by atoms with Crippen LogP contribution in [0.2, 0.25) is 5.02 Å². The van der Waals surface area contributed by atoms with Crippen LogP contribution in [-0.4, -0.2) is 22.7 Å². The van der Waals surface area contributed by atoms with Gasteiger partial charge in [0.2, 0.25) is 12.7 Å². The second kappa shape index (κ2) is 5.65. The molecule has 0 unspecified atom stereocenters. The van der Waals surface area contributed by atoms with Crippen LogP contribution in [0, 0.1) is 6.92 Å². The van der Waals surface area contributed by atoms with Crippen molar-refractivity contribution in [1.82, 2.24) is 9.97 Å². The summed E-state index contributed by atoms with van der Waals surface area (Å²) in [5, 5.41) is 4.12. The van der Waals surface area contributed by atoms with Gasteiger partial charge in [-0.05, 0) is 37.3 Å². The molecule has 4 rings (SSSR count). The quantitative estimate of drug-likeness (QED) is 0.771. The summed E-state index contributed by atoms with van der Waals surface area (Å²) in [6, 6.07) is 10.2. The minimum Gasteiger partial charge on any atom is -0.454 e. The summed E-state index contributed by atoms with van der Waals surface area (Å²) in [5.41, 5.74) is 1.90. The fourth-order valence-corrected chi connectivity index (χ4v) is 2.63. The van der Waals surface area contributed by atoms with Crippen LogP contribution in [0.5, 0.6) is 11.5 Å². The Morgan fingerprint density at radius 1 is 1.12 bits per heavy atom. The Morgan fingerprint density at radius 2 is 1.83 bits per heavy atom. The van der Waals surface area contributed by atoms with Crippen molar-refractivity contribution in [2.45, 2.75) is 6.92 Å². The topological polar surface area (TPSA) is 73.3 Å². The SMILES string of the molecule is Cc1nc(NC(=O)c2ccc(Cl)cc2)nc2cc3c(cc12)OCO3. The average Bonchev–Trinajstić information content (AvgIpc) is 3.01. The molecule has 24 heavy (non-hydrogen) atoms. The Labute approximate surface area is 142 Å². The first-order valence-corrected chi connectivity index (χ1v) is 7.63. The first-order valence-electron chi connectivity index (χ1n) is 7.25. The van der Waals surface area contributed by atoms with Gasteiger partial charge in [-0.2, -0.15) is 0 Å². The van der Waals surface area contributed by atoms with Crippen molar-refractivity contribution in [3.63, 3.8) is 0 Å². The van der Waals surface area contributed by atoms with Crippen LogP contribution >= 0.6 is 11.6 Å². The number of rotatable bonds is 2. The van der Waals surface area contributed by atoms with Crippen molar-refractivity contribution in [3.8, 4) is 11.5 Å². The lowest BCUT2D eigenvalue weighted by Crippen LogP contribution is -2.14. The third-order valence-corrected chi connectivity index (χ3v) is 3.96. The lowest BCUT2D eigenvalue weighted by atomic mass is 10.2. The van der Waals surface area contributed by atoms with Crippen LogP contribution in [0.15, 0.2) is 36.4 Å². The number of nitrogens with one attached hydrogen (secondary N) is 1. The Kier molecular flexibility index (Phi) is 3.46. The molecule has 1 N–H and O–H groups in total. The Morgan fingerprint density at radius 3 is 2.58 bits per heavy atom. The molecule has 0 fully saturated rings. The molecule has 2 aromatic carbocycles. The third-order valence-electron chi connectivity index (χ3n) is 3.71. The summed E-state index contributed by atoms with van der Waals surface area (Å²) in [7, 11) is 0. The maximum atomic E-state index is 12.3. The summed E-state index contributed by atoms with van der Waals surface area (Å²) in [6.07, 6.45) is 0. The summed E-state index contributed by atoms with van der Waals surface area (Å²) >= 11 is 5.83. The zero-order valence-electron chi connectivity index (χ0n) is 12.7. The molecule has 0 radical (unpaired) electrons. The number of nitrogens with zero attached hydrogens (tertiary/aromatic N) is 2. The molecule has 6 nitrogen and oxygen atoms in total. The molecule has 1 aromatic heterocycles. The molecule has 1 aliphatic rings. The highest BCUT2D eigenvalue weighted by Gasteiger charge is 2.17. The number of benzene rings is 2. The third kappa shape index (κ3) is 2.61. The van der Waals surface area contributed by atoms with E-state index < -0.39 is 0 Å². The zero-order chi connectivity index (χ0) is 16.7. The summed E-state index contributed by atoms with van der Waals surface area (Å²) < 4.78 is 10.7. The molecule has 1 aliphatic heterocycles. The molecule has 2 heterocycles. The summed E-state index contributed by atoms with van der Waals surface area (Å²) in [4.78, 5) is 21.0. The monoisotopic (exact) mass is 341 g/mol. The minimum atomic E-state index is -0.300. The van der Waals surface area contributed by atoms with Crippen LogP contribution in [0.25, 0.3) is 10.9 Å². The van der Waals surface area contributed by atoms with E-state index in [0.29, 0.717) is 27.6 Å². The van der Waals surface area contributed by atoms with Crippen LogP contribution in [0.4, 0.5) is 5.95 Å². The van der Waals surface area contributed by atoms with Crippen LogP contribution in [0.3, 0.4) is 0 Å². The van der Waals surface area contributed by atoms with Gasteiger partial charge in [-0.25, -0.2) is 9.97 Å². The van der Waals surface area contributed by atoms with Gasteiger partial charge in [-0.15, -0.1) is 0 Å². The van der Waals surface area contributed by atoms with Gasteiger partial charge in [0.15, 0.2) is 11.5 Å². The van der Waals surface area contributed by atoms with Gasteiger partial charge < -0.3 is 9.47 Å². The highest BCUT2D eigenvalue weighted by Crippen LogP contribution is 2.36. The van der Waals surface area contributed by atoms with Crippen molar-refractivity contribution in [2.75, 3.05) is 12.1 Å². The van der Waals surface area contributed by atoms with E-state index in [1.165, 1.54) is 0 Å². The molecule has 0 saturated heterocycles. The van der Waals surface area contributed by atoms with Gasteiger partial charge in [0.25, 0.3) is 5.91 Å². The fourth-order valence-electron chi connectivity index (χ4n) is 2.50. The van der Waals surface area contributed by atoms with Crippen molar-refractivity contribution >= 4 is 34.4 Å². The number of amides is 1. The highest BCUT2D eigenvalue weighted by molar-refractivity contribution is 6.30. The number of carbonyl (C=O) groups is 1. The molecule has 0 bridgehead atoms. The van der Waals surface area contributed by atoms with Crippen LogP contribution in [-0.2, 0) is 0 Å². The summed E-state index contributed by atoms with van der Waals surface area (Å²) in [5.74, 6) is 1.24. The molecular weight excluding hydrogens is 330 g/mol. The number of carbonyl (C=O) groups excluding carboxylic acids is 1. The predicted octanol–water partition coefficient (Wildman–Crippen LogP) is 3.57. The van der Waals surface area contributed by atoms with E-state index in [-0.39, 0.29) is 18.6 Å². The first kappa shape index (κ1) is 14.7. The Hall–Kier alpha value is -2.86. The van der Waals surface area contributed by atoms with Crippen molar-refractivity contribution in [1.29, 1.82) is 0 Å². The van der Waals surface area contributed by atoms with E-state index in [2.05, 4.69) is 15.3 Å². The van der Waals surface area contributed by atoms with Crippen molar-refractivity contribution < 1.29 is 14.3 Å². The van der Waals surface area contributed by atoms with E-state index in [4.69, 9.17) is 21.1 Å². The van der Waals surface area contributed by atoms with Gasteiger partial charge in [0.05, 0.1) is 11.2 Å². The van der Waals surface area contributed by atoms with Gasteiger partial charge in [0.1, 0.15) is 0 Å². The molecule has 1 amide bonds. The number of anilines is 1. The Bertz CT molecular complexity index is 957. The Balaban J connectivity index is 1.68. The predicted molar refractivity (Wildman–Crippen MR) is 89.8 cm³/mol.